The number of carbonyl (C=O) groups excluding carboxylic acids is 1. The summed E-state index contributed by atoms with van der Waals surface area (Å²) in [5, 5.41) is 8.01. The lowest BCUT2D eigenvalue weighted by atomic mass is 9.94. The first kappa shape index (κ1) is 17.6. The van der Waals surface area contributed by atoms with Crippen molar-refractivity contribution >= 4 is 5.91 Å². The van der Waals surface area contributed by atoms with Gasteiger partial charge in [-0.2, -0.15) is 5.10 Å². The highest BCUT2D eigenvalue weighted by Crippen LogP contribution is 2.37. The van der Waals surface area contributed by atoms with Gasteiger partial charge in [-0.25, -0.2) is 0 Å². The molecular weight excluding hydrogens is 316 g/mol. The Balaban J connectivity index is 1.63. The molecule has 2 aromatic rings. The zero-order valence-corrected chi connectivity index (χ0v) is 15.1. The summed E-state index contributed by atoms with van der Waals surface area (Å²) in [6, 6.07) is 7.44. The molecule has 0 radical (unpaired) electrons. The molecule has 0 saturated carbocycles. The molecule has 1 aliphatic heterocycles. The SMILES string of the molecule is Cc1nn(C)c(C)c1[C@H]1OCC[C@@H]1CNCc1cccc(C(N)=O)c1. The van der Waals surface area contributed by atoms with Crippen LogP contribution in [0, 0.1) is 19.8 Å². The van der Waals surface area contributed by atoms with Gasteiger partial charge in [0.15, 0.2) is 0 Å². The van der Waals surface area contributed by atoms with Crippen molar-refractivity contribution in [1.82, 2.24) is 15.1 Å². The van der Waals surface area contributed by atoms with E-state index in [0.717, 1.165) is 30.8 Å². The molecule has 1 saturated heterocycles. The minimum Gasteiger partial charge on any atom is -0.373 e. The second-order valence-electron chi connectivity index (χ2n) is 6.74. The zero-order chi connectivity index (χ0) is 18.0. The first-order valence-corrected chi connectivity index (χ1v) is 8.68. The van der Waals surface area contributed by atoms with Gasteiger partial charge in [-0.3, -0.25) is 9.48 Å². The molecule has 1 amide bonds. The molecule has 6 nitrogen and oxygen atoms in total. The molecule has 1 aromatic carbocycles. The smallest absolute Gasteiger partial charge is 0.248 e. The van der Waals surface area contributed by atoms with E-state index in [1.54, 1.807) is 6.07 Å². The molecule has 25 heavy (non-hydrogen) atoms. The third-order valence-corrected chi connectivity index (χ3v) is 5.01. The summed E-state index contributed by atoms with van der Waals surface area (Å²) in [6.45, 7) is 6.48. The number of hydrogen-bond acceptors (Lipinski definition) is 4. The number of carbonyl (C=O) groups is 1. The molecule has 2 heterocycles. The van der Waals surface area contributed by atoms with E-state index in [2.05, 4.69) is 17.3 Å². The van der Waals surface area contributed by atoms with Gasteiger partial charge in [-0.1, -0.05) is 12.1 Å². The van der Waals surface area contributed by atoms with Crippen molar-refractivity contribution in [3.63, 3.8) is 0 Å². The van der Waals surface area contributed by atoms with Crippen LogP contribution in [0.1, 0.15) is 45.4 Å². The molecule has 134 valence electrons. The lowest BCUT2D eigenvalue weighted by molar-refractivity contribution is 0.0893. The maximum absolute atomic E-state index is 11.3. The highest BCUT2D eigenvalue weighted by molar-refractivity contribution is 5.92. The molecule has 0 bridgehead atoms. The number of ether oxygens (including phenoxy) is 1. The average Bonchev–Trinajstić information content (AvgIpc) is 3.12. The number of aromatic nitrogens is 2. The second-order valence-corrected chi connectivity index (χ2v) is 6.74. The van der Waals surface area contributed by atoms with E-state index in [9.17, 15) is 4.79 Å². The minimum absolute atomic E-state index is 0.0955. The van der Waals surface area contributed by atoms with Crippen LogP contribution in [-0.4, -0.2) is 28.8 Å². The van der Waals surface area contributed by atoms with E-state index < -0.39 is 5.91 Å². The van der Waals surface area contributed by atoms with Crippen LogP contribution < -0.4 is 11.1 Å². The van der Waals surface area contributed by atoms with Crippen LogP contribution in [0.4, 0.5) is 0 Å². The van der Waals surface area contributed by atoms with Crippen LogP contribution in [0.25, 0.3) is 0 Å². The Morgan fingerprint density at radius 3 is 2.92 bits per heavy atom. The summed E-state index contributed by atoms with van der Waals surface area (Å²) in [5.41, 5.74) is 10.4. The third kappa shape index (κ3) is 3.75. The number of hydrogen-bond donors (Lipinski definition) is 2. The number of nitrogens with two attached hydrogens (primary N) is 1. The number of benzene rings is 1. The van der Waals surface area contributed by atoms with Crippen molar-refractivity contribution in [1.29, 1.82) is 0 Å². The van der Waals surface area contributed by atoms with Crippen LogP contribution in [0.5, 0.6) is 0 Å². The van der Waals surface area contributed by atoms with Gasteiger partial charge in [0.05, 0.1) is 11.8 Å². The predicted octanol–water partition coefficient (Wildman–Crippen LogP) is 2.00. The molecule has 3 rings (SSSR count). The maximum Gasteiger partial charge on any atom is 0.248 e. The van der Waals surface area contributed by atoms with Gasteiger partial charge in [0.2, 0.25) is 5.91 Å². The highest BCUT2D eigenvalue weighted by Gasteiger charge is 2.33. The van der Waals surface area contributed by atoms with Crippen molar-refractivity contribution in [3.8, 4) is 0 Å². The number of nitrogens with one attached hydrogen (secondary N) is 1. The standard InChI is InChI=1S/C19H26N4O2/c1-12-17(13(2)23(3)22-12)18-16(7-8-25-18)11-21-10-14-5-4-6-15(9-14)19(20)24/h4-6,9,16,18,21H,7-8,10-11H2,1-3H3,(H2,20,24)/t16-,18+/m1/s1. The number of primary amides is 1. The van der Waals surface area contributed by atoms with Gasteiger partial charge in [-0.05, 0) is 38.0 Å². The number of amides is 1. The normalized spacial score (nSPS) is 20.1. The van der Waals surface area contributed by atoms with Crippen LogP contribution in [0.2, 0.25) is 0 Å². The molecular formula is C19H26N4O2. The van der Waals surface area contributed by atoms with Crippen molar-refractivity contribution in [3.05, 3.63) is 52.3 Å². The van der Waals surface area contributed by atoms with Gasteiger partial charge >= 0.3 is 0 Å². The molecule has 1 aromatic heterocycles. The Kier molecular flexibility index (Phi) is 5.20. The minimum atomic E-state index is -0.395. The van der Waals surface area contributed by atoms with Crippen LogP contribution in [0.3, 0.4) is 0 Å². The third-order valence-electron chi connectivity index (χ3n) is 5.01. The van der Waals surface area contributed by atoms with E-state index in [0.29, 0.717) is 18.0 Å². The van der Waals surface area contributed by atoms with E-state index >= 15 is 0 Å². The fraction of sp³-hybridized carbons (Fsp3) is 0.474. The number of nitrogens with zero attached hydrogens (tertiary/aromatic N) is 2. The number of aryl methyl sites for hydroxylation is 2. The van der Waals surface area contributed by atoms with E-state index in [1.807, 2.05) is 36.9 Å². The molecule has 2 atom stereocenters. The Labute approximate surface area is 148 Å². The lowest BCUT2D eigenvalue weighted by Crippen LogP contribution is -2.25. The maximum atomic E-state index is 11.3. The van der Waals surface area contributed by atoms with Crippen molar-refractivity contribution in [2.24, 2.45) is 18.7 Å². The van der Waals surface area contributed by atoms with Crippen molar-refractivity contribution < 1.29 is 9.53 Å². The first-order chi connectivity index (χ1) is 12.0. The molecule has 3 N–H and O–H groups in total. The van der Waals surface area contributed by atoms with Crippen molar-refractivity contribution in [2.75, 3.05) is 13.2 Å². The molecule has 1 fully saturated rings. The Hall–Kier alpha value is -2.18. The van der Waals surface area contributed by atoms with E-state index in [4.69, 9.17) is 10.5 Å². The fourth-order valence-corrected chi connectivity index (χ4v) is 3.60. The summed E-state index contributed by atoms with van der Waals surface area (Å²) < 4.78 is 7.95. The van der Waals surface area contributed by atoms with Gasteiger partial charge < -0.3 is 15.8 Å². The molecule has 0 aliphatic carbocycles. The average molecular weight is 342 g/mol. The highest BCUT2D eigenvalue weighted by atomic mass is 16.5. The molecule has 0 spiro atoms. The van der Waals surface area contributed by atoms with E-state index in [1.165, 1.54) is 11.3 Å². The summed E-state index contributed by atoms with van der Waals surface area (Å²) >= 11 is 0. The molecule has 1 aliphatic rings. The van der Waals surface area contributed by atoms with Crippen LogP contribution in [0.15, 0.2) is 24.3 Å². The summed E-state index contributed by atoms with van der Waals surface area (Å²) in [6.07, 6.45) is 1.13. The quantitative estimate of drug-likeness (QED) is 0.841. The monoisotopic (exact) mass is 342 g/mol. The summed E-state index contributed by atoms with van der Waals surface area (Å²) in [5.74, 6) is 0.0227. The Morgan fingerprint density at radius 1 is 1.44 bits per heavy atom. The predicted molar refractivity (Wildman–Crippen MR) is 96.1 cm³/mol. The summed E-state index contributed by atoms with van der Waals surface area (Å²) in [7, 11) is 1.97. The molecule has 0 unspecified atom stereocenters. The topological polar surface area (TPSA) is 82.2 Å². The van der Waals surface area contributed by atoms with Crippen LogP contribution >= 0.6 is 0 Å². The number of rotatable bonds is 6. The van der Waals surface area contributed by atoms with Gasteiger partial charge in [0.1, 0.15) is 0 Å². The fourth-order valence-electron chi connectivity index (χ4n) is 3.60. The van der Waals surface area contributed by atoms with Gasteiger partial charge in [0.25, 0.3) is 0 Å². The molecule has 6 heteroatoms. The van der Waals surface area contributed by atoms with E-state index in [-0.39, 0.29) is 6.10 Å². The second kappa shape index (κ2) is 7.37. The Bertz CT molecular complexity index is 769. The Morgan fingerprint density at radius 2 is 2.24 bits per heavy atom. The largest absolute Gasteiger partial charge is 0.373 e. The van der Waals surface area contributed by atoms with Crippen molar-refractivity contribution in [2.45, 2.75) is 32.9 Å². The lowest BCUT2D eigenvalue weighted by Gasteiger charge is -2.20. The first-order valence-electron chi connectivity index (χ1n) is 8.68. The van der Waals surface area contributed by atoms with Gasteiger partial charge in [0, 0.05) is 49.5 Å². The van der Waals surface area contributed by atoms with Gasteiger partial charge in [-0.15, -0.1) is 0 Å². The zero-order valence-electron chi connectivity index (χ0n) is 15.1. The summed E-state index contributed by atoms with van der Waals surface area (Å²) in [4.78, 5) is 11.3. The van der Waals surface area contributed by atoms with Crippen LogP contribution in [-0.2, 0) is 18.3 Å².